The van der Waals surface area contributed by atoms with Crippen molar-refractivity contribution in [3.8, 4) is 11.5 Å². The van der Waals surface area contributed by atoms with Gasteiger partial charge in [0.25, 0.3) is 0 Å². The van der Waals surface area contributed by atoms with Crippen molar-refractivity contribution in [3.63, 3.8) is 0 Å². The number of nitrogens with one attached hydrogen (secondary N) is 1. The summed E-state index contributed by atoms with van der Waals surface area (Å²) in [5.41, 5.74) is 0.974. The van der Waals surface area contributed by atoms with Crippen LogP contribution in [0.5, 0.6) is 11.5 Å². The molecule has 0 saturated heterocycles. The van der Waals surface area contributed by atoms with Crippen LogP contribution in [-0.4, -0.2) is 66.1 Å². The van der Waals surface area contributed by atoms with Crippen LogP contribution in [0.25, 0.3) is 0 Å². The Morgan fingerprint density at radius 2 is 2.00 bits per heavy atom. The van der Waals surface area contributed by atoms with Crippen molar-refractivity contribution in [1.82, 2.24) is 10.2 Å². The van der Waals surface area contributed by atoms with E-state index < -0.39 is 9.84 Å². The van der Waals surface area contributed by atoms with E-state index in [-0.39, 0.29) is 5.75 Å². The Balaban J connectivity index is 2.75. The van der Waals surface area contributed by atoms with Crippen LogP contribution in [0.4, 0.5) is 0 Å². The van der Waals surface area contributed by atoms with E-state index in [9.17, 15) is 8.42 Å². The summed E-state index contributed by atoms with van der Waals surface area (Å²) in [7, 11) is 3.74. The maximum Gasteiger partial charge on any atom is 0.193 e. The number of benzene rings is 1. The van der Waals surface area contributed by atoms with Crippen molar-refractivity contribution in [2.45, 2.75) is 6.54 Å². The number of hydrogen-bond acceptors (Lipinski definition) is 5. The molecule has 1 aromatic carbocycles. The molecule has 0 heterocycles. The summed E-state index contributed by atoms with van der Waals surface area (Å²) < 4.78 is 32.9. The highest BCUT2D eigenvalue weighted by molar-refractivity contribution is 7.90. The number of ether oxygens (including phenoxy) is 2. The van der Waals surface area contributed by atoms with Gasteiger partial charge in [-0.1, -0.05) is 0 Å². The molecule has 1 N–H and O–H groups in total. The summed E-state index contributed by atoms with van der Waals surface area (Å²) in [6.07, 6.45) is 1.21. The minimum Gasteiger partial charge on any atom is -0.497 e. The molecule has 0 aliphatic heterocycles. The van der Waals surface area contributed by atoms with Crippen LogP contribution in [0.15, 0.2) is 23.2 Å². The van der Waals surface area contributed by atoms with Gasteiger partial charge in [0.2, 0.25) is 0 Å². The van der Waals surface area contributed by atoms with E-state index in [1.165, 1.54) is 6.26 Å². The minimum absolute atomic E-state index is 0.0612. The predicted octanol–water partition coefficient (Wildman–Crippen LogP) is 0.756. The number of aliphatic imine (C=N–C) groups is 1. The number of hydrogen-bond donors (Lipinski definition) is 1. The quantitative estimate of drug-likeness (QED) is 0.581. The van der Waals surface area contributed by atoms with E-state index in [2.05, 4.69) is 10.3 Å². The van der Waals surface area contributed by atoms with Gasteiger partial charge in [0.05, 0.1) is 20.0 Å². The summed E-state index contributed by atoms with van der Waals surface area (Å²) in [6.45, 7) is 0.876. The van der Waals surface area contributed by atoms with Gasteiger partial charge in [-0.15, -0.1) is 0 Å². The maximum absolute atomic E-state index is 11.2. The molecule has 0 radical (unpaired) electrons. The lowest BCUT2D eigenvalue weighted by molar-refractivity contribution is 0.382. The highest BCUT2D eigenvalue weighted by atomic mass is 32.2. The smallest absolute Gasteiger partial charge is 0.193 e. The number of methoxy groups -OCH3 is 2. The third-order valence-corrected chi connectivity index (χ3v) is 4.18. The molecule has 0 unspecified atom stereocenters. The molecule has 0 aliphatic rings. The standard InChI is InChI=1S/C15H25N3O4S/c1-16-15(17-8-9-23(5,19)20)18(2)11-12-6-7-13(21-3)10-14(12)22-4/h6-7,10H,8-9,11H2,1-5H3,(H,16,17). The number of nitrogens with zero attached hydrogens (tertiary/aromatic N) is 2. The topological polar surface area (TPSA) is 80.2 Å². The van der Waals surface area contributed by atoms with E-state index >= 15 is 0 Å². The van der Waals surface area contributed by atoms with Gasteiger partial charge in [0, 0.05) is 45.1 Å². The minimum atomic E-state index is -3.00. The van der Waals surface area contributed by atoms with Crippen LogP contribution in [0, 0.1) is 0 Å². The van der Waals surface area contributed by atoms with Crippen molar-refractivity contribution >= 4 is 15.8 Å². The average molecular weight is 343 g/mol. The zero-order valence-electron chi connectivity index (χ0n) is 14.3. The Hall–Kier alpha value is -1.96. The van der Waals surface area contributed by atoms with E-state index in [0.29, 0.717) is 19.0 Å². The molecule has 0 aliphatic carbocycles. The zero-order valence-corrected chi connectivity index (χ0v) is 15.1. The Labute approximate surface area is 138 Å². The number of sulfone groups is 1. The second-order valence-corrected chi connectivity index (χ2v) is 7.40. The summed E-state index contributed by atoms with van der Waals surface area (Å²) in [5, 5.41) is 3.04. The third-order valence-electron chi connectivity index (χ3n) is 3.23. The van der Waals surface area contributed by atoms with Gasteiger partial charge in [-0.2, -0.15) is 0 Å². The molecule has 0 saturated carbocycles. The molecule has 1 aromatic rings. The predicted molar refractivity (Wildman–Crippen MR) is 92.1 cm³/mol. The van der Waals surface area contributed by atoms with E-state index in [1.54, 1.807) is 21.3 Å². The monoisotopic (exact) mass is 343 g/mol. The number of guanidine groups is 1. The highest BCUT2D eigenvalue weighted by Gasteiger charge is 2.12. The van der Waals surface area contributed by atoms with Crippen molar-refractivity contribution in [3.05, 3.63) is 23.8 Å². The molecule has 7 nitrogen and oxygen atoms in total. The van der Waals surface area contributed by atoms with Gasteiger partial charge < -0.3 is 19.7 Å². The van der Waals surface area contributed by atoms with E-state index in [0.717, 1.165) is 17.1 Å². The Morgan fingerprint density at radius 3 is 2.52 bits per heavy atom. The molecule has 0 amide bonds. The molecular weight excluding hydrogens is 318 g/mol. The summed E-state index contributed by atoms with van der Waals surface area (Å²) in [6, 6.07) is 5.62. The fraction of sp³-hybridized carbons (Fsp3) is 0.533. The molecule has 0 aromatic heterocycles. The van der Waals surface area contributed by atoms with Gasteiger partial charge in [0.15, 0.2) is 5.96 Å². The Kier molecular flexibility index (Phi) is 7.15. The van der Waals surface area contributed by atoms with Gasteiger partial charge in [-0.05, 0) is 12.1 Å². The summed E-state index contributed by atoms with van der Waals surface area (Å²) in [4.78, 5) is 6.06. The lowest BCUT2D eigenvalue weighted by Crippen LogP contribution is -2.40. The largest absolute Gasteiger partial charge is 0.497 e. The molecule has 130 valence electrons. The molecule has 0 spiro atoms. The first-order chi connectivity index (χ1) is 10.8. The molecule has 0 bridgehead atoms. The fourth-order valence-electron chi connectivity index (χ4n) is 2.05. The molecule has 1 rings (SSSR count). The fourth-order valence-corrected chi connectivity index (χ4v) is 2.52. The molecule has 23 heavy (non-hydrogen) atoms. The lowest BCUT2D eigenvalue weighted by atomic mass is 10.2. The molecule has 8 heteroatoms. The highest BCUT2D eigenvalue weighted by Crippen LogP contribution is 2.25. The van der Waals surface area contributed by atoms with Gasteiger partial charge in [0.1, 0.15) is 21.3 Å². The van der Waals surface area contributed by atoms with Crippen molar-refractivity contribution in [2.75, 3.05) is 46.9 Å². The second kappa shape index (κ2) is 8.61. The summed E-state index contributed by atoms with van der Waals surface area (Å²) >= 11 is 0. The van der Waals surface area contributed by atoms with Crippen LogP contribution < -0.4 is 14.8 Å². The van der Waals surface area contributed by atoms with Gasteiger partial charge in [-0.3, -0.25) is 4.99 Å². The Morgan fingerprint density at radius 1 is 1.30 bits per heavy atom. The van der Waals surface area contributed by atoms with Crippen molar-refractivity contribution < 1.29 is 17.9 Å². The van der Waals surface area contributed by atoms with Crippen LogP contribution in [0.2, 0.25) is 0 Å². The first kappa shape index (κ1) is 19.1. The second-order valence-electron chi connectivity index (χ2n) is 5.14. The van der Waals surface area contributed by atoms with Crippen molar-refractivity contribution in [1.29, 1.82) is 0 Å². The number of rotatable bonds is 7. The first-order valence-electron chi connectivity index (χ1n) is 7.11. The Bertz CT molecular complexity index is 644. The van der Waals surface area contributed by atoms with E-state index in [1.807, 2.05) is 30.1 Å². The van der Waals surface area contributed by atoms with Crippen LogP contribution in [-0.2, 0) is 16.4 Å². The molecule has 0 fully saturated rings. The van der Waals surface area contributed by atoms with Crippen molar-refractivity contribution in [2.24, 2.45) is 4.99 Å². The van der Waals surface area contributed by atoms with E-state index in [4.69, 9.17) is 9.47 Å². The zero-order chi connectivity index (χ0) is 17.5. The first-order valence-corrected chi connectivity index (χ1v) is 9.17. The summed E-state index contributed by atoms with van der Waals surface area (Å²) in [5.74, 6) is 2.13. The normalized spacial score (nSPS) is 12.0. The van der Waals surface area contributed by atoms with Crippen LogP contribution in [0.1, 0.15) is 5.56 Å². The van der Waals surface area contributed by atoms with Crippen LogP contribution in [0.3, 0.4) is 0 Å². The maximum atomic E-state index is 11.2. The van der Waals surface area contributed by atoms with Gasteiger partial charge in [-0.25, -0.2) is 8.42 Å². The third kappa shape index (κ3) is 6.35. The van der Waals surface area contributed by atoms with Crippen LogP contribution >= 0.6 is 0 Å². The molecule has 0 atom stereocenters. The lowest BCUT2D eigenvalue weighted by Gasteiger charge is -2.23. The SMILES string of the molecule is CN=C(NCCS(C)(=O)=O)N(C)Cc1ccc(OC)cc1OC. The van der Waals surface area contributed by atoms with Gasteiger partial charge >= 0.3 is 0 Å². The average Bonchev–Trinajstić information content (AvgIpc) is 2.50. The molecular formula is C15H25N3O4S.